The van der Waals surface area contributed by atoms with Crippen molar-refractivity contribution in [3.8, 4) is 11.4 Å². The van der Waals surface area contributed by atoms with Crippen LogP contribution in [0.3, 0.4) is 0 Å². The molecule has 0 unspecified atom stereocenters. The maximum Gasteiger partial charge on any atom is 0.342 e. The number of anilines is 2. The van der Waals surface area contributed by atoms with Gasteiger partial charge in [0.1, 0.15) is 5.82 Å². The van der Waals surface area contributed by atoms with E-state index in [9.17, 15) is 9.59 Å². The molecule has 0 spiro atoms. The van der Waals surface area contributed by atoms with Crippen LogP contribution in [0.25, 0.3) is 22.4 Å². The topological polar surface area (TPSA) is 151 Å². The molecular weight excluding hydrogens is 514 g/mol. The van der Waals surface area contributed by atoms with Crippen LogP contribution in [0.2, 0.25) is 0 Å². The number of hydrogen-bond donors (Lipinski definition) is 3. The van der Waals surface area contributed by atoms with Crippen LogP contribution < -0.4 is 15.7 Å². The Morgan fingerprint density at radius 2 is 1.75 bits per heavy atom. The largest absolute Gasteiger partial charge is 0.378 e. The fraction of sp³-hybridized carbons (Fsp3) is 0.333. The molecule has 6 rings (SSSR count). The van der Waals surface area contributed by atoms with Gasteiger partial charge in [-0.25, -0.2) is 24.9 Å². The lowest BCUT2D eigenvalue weighted by Gasteiger charge is -2.32. The van der Waals surface area contributed by atoms with E-state index in [1.54, 1.807) is 42.1 Å². The molecule has 2 aliphatic heterocycles. The summed E-state index contributed by atoms with van der Waals surface area (Å²) in [5.74, 6) is 1.34. The van der Waals surface area contributed by atoms with Gasteiger partial charge in [0.15, 0.2) is 11.5 Å². The summed E-state index contributed by atoms with van der Waals surface area (Å²) in [5, 5.41) is 16.9. The second-order valence-corrected chi connectivity index (χ2v) is 9.71. The van der Waals surface area contributed by atoms with E-state index in [4.69, 9.17) is 25.0 Å². The zero-order valence-corrected chi connectivity index (χ0v) is 21.7. The molecule has 0 bridgehead atoms. The van der Waals surface area contributed by atoms with Gasteiger partial charge in [0.05, 0.1) is 36.4 Å². The van der Waals surface area contributed by atoms with Crippen LogP contribution in [0.15, 0.2) is 55.0 Å². The van der Waals surface area contributed by atoms with Gasteiger partial charge >= 0.3 is 6.03 Å². The number of morpholine rings is 1. The number of amides is 3. The average molecular weight is 544 g/mol. The summed E-state index contributed by atoms with van der Waals surface area (Å²) in [6.45, 7) is 3.89. The van der Waals surface area contributed by atoms with Crippen LogP contribution in [0.5, 0.6) is 0 Å². The molecule has 2 fully saturated rings. The number of nitrogens with zero attached hydrogens (tertiary/aromatic N) is 7. The SMILES string of the molecule is O=C(NO)Nc1ccc(-c2nc(N3CCOCC3)c3cnn(C4CCN(C(=O)c5cccnc5)CC4)c3n2)cc1. The van der Waals surface area contributed by atoms with E-state index in [0.29, 0.717) is 56.5 Å². The second kappa shape index (κ2) is 11.2. The van der Waals surface area contributed by atoms with Gasteiger partial charge in [0, 0.05) is 49.8 Å². The zero-order chi connectivity index (χ0) is 27.5. The molecule has 3 N–H and O–H groups in total. The Morgan fingerprint density at radius 3 is 2.45 bits per heavy atom. The molecule has 40 heavy (non-hydrogen) atoms. The maximum atomic E-state index is 12.9. The quantitative estimate of drug-likeness (QED) is 0.255. The van der Waals surface area contributed by atoms with Crippen LogP contribution >= 0.6 is 0 Å². The number of carbonyl (C=O) groups excluding carboxylic acids is 2. The highest BCUT2D eigenvalue weighted by Gasteiger charge is 2.28. The van der Waals surface area contributed by atoms with Gasteiger partial charge < -0.3 is 19.9 Å². The molecule has 2 aliphatic rings. The highest BCUT2D eigenvalue weighted by atomic mass is 16.5. The summed E-state index contributed by atoms with van der Waals surface area (Å²) < 4.78 is 7.53. The number of carbonyl (C=O) groups is 2. The Hall–Kier alpha value is -4.62. The average Bonchev–Trinajstić information content (AvgIpc) is 3.45. The van der Waals surface area contributed by atoms with Gasteiger partial charge in [-0.15, -0.1) is 0 Å². The van der Waals surface area contributed by atoms with E-state index in [1.165, 1.54) is 0 Å². The van der Waals surface area contributed by atoms with Gasteiger partial charge in [0.2, 0.25) is 0 Å². The number of fused-ring (bicyclic) bond motifs is 1. The highest BCUT2D eigenvalue weighted by Crippen LogP contribution is 2.32. The Bertz CT molecular complexity index is 1500. The minimum absolute atomic E-state index is 0.00880. The van der Waals surface area contributed by atoms with Crippen LogP contribution in [-0.2, 0) is 4.74 Å². The molecule has 0 atom stereocenters. The van der Waals surface area contributed by atoms with Crippen molar-refractivity contribution < 1.29 is 19.5 Å². The lowest BCUT2D eigenvalue weighted by atomic mass is 10.0. The number of nitrogens with one attached hydrogen (secondary N) is 2. The number of benzene rings is 1. The smallest absolute Gasteiger partial charge is 0.342 e. The Morgan fingerprint density at radius 1 is 0.975 bits per heavy atom. The molecule has 5 heterocycles. The normalized spacial score (nSPS) is 16.2. The van der Waals surface area contributed by atoms with Crippen molar-refractivity contribution in [2.75, 3.05) is 49.6 Å². The summed E-state index contributed by atoms with van der Waals surface area (Å²) in [4.78, 5) is 42.4. The Balaban J connectivity index is 1.30. The second-order valence-electron chi connectivity index (χ2n) is 9.71. The molecule has 13 nitrogen and oxygen atoms in total. The summed E-state index contributed by atoms with van der Waals surface area (Å²) in [7, 11) is 0. The molecule has 3 aromatic heterocycles. The maximum absolute atomic E-state index is 12.9. The number of rotatable bonds is 5. The Kier molecular flexibility index (Phi) is 7.21. The van der Waals surface area contributed by atoms with E-state index >= 15 is 0 Å². The molecule has 13 heteroatoms. The van der Waals surface area contributed by atoms with Crippen molar-refractivity contribution in [1.29, 1.82) is 0 Å². The number of pyridine rings is 1. The van der Waals surface area contributed by atoms with Crippen molar-refractivity contribution >= 4 is 34.5 Å². The summed E-state index contributed by atoms with van der Waals surface area (Å²) in [6.07, 6.45) is 6.60. The Labute approximate surface area is 229 Å². The molecule has 0 aliphatic carbocycles. The predicted molar refractivity (Wildman–Crippen MR) is 146 cm³/mol. The molecule has 0 radical (unpaired) electrons. The van der Waals surface area contributed by atoms with Gasteiger partial charge in [-0.3, -0.25) is 15.0 Å². The number of likely N-dealkylation sites (tertiary alicyclic amines) is 1. The van der Waals surface area contributed by atoms with Gasteiger partial charge in [-0.05, 0) is 49.2 Å². The number of hydroxylamine groups is 1. The lowest BCUT2D eigenvalue weighted by molar-refractivity contribution is 0.0691. The third-order valence-electron chi connectivity index (χ3n) is 7.25. The molecular formula is C27H29N9O4. The van der Waals surface area contributed by atoms with Crippen molar-refractivity contribution in [1.82, 2.24) is 35.1 Å². The van der Waals surface area contributed by atoms with E-state index in [0.717, 1.165) is 35.3 Å². The fourth-order valence-corrected chi connectivity index (χ4v) is 5.17. The minimum atomic E-state index is -0.725. The van der Waals surface area contributed by atoms with E-state index in [-0.39, 0.29) is 11.9 Å². The molecule has 4 aromatic rings. The highest BCUT2D eigenvalue weighted by molar-refractivity contribution is 5.94. The standard InChI is InChI=1S/C27H29N9O4/c37-26(19-2-1-9-28-16-19)35-10-7-21(8-11-35)36-25-22(17-29-36)24(34-12-14-40-15-13-34)31-23(32-25)18-3-5-20(6-4-18)30-27(38)33-39/h1-6,9,16-17,21,39H,7-8,10-15H2,(H2,30,33,38). The van der Waals surface area contributed by atoms with Crippen LogP contribution in [-0.4, -0.2) is 86.2 Å². The molecule has 2 saturated heterocycles. The monoisotopic (exact) mass is 543 g/mol. The third-order valence-corrected chi connectivity index (χ3v) is 7.25. The third kappa shape index (κ3) is 5.16. The summed E-state index contributed by atoms with van der Waals surface area (Å²) in [6, 6.07) is 10.0. The van der Waals surface area contributed by atoms with Gasteiger partial charge in [0.25, 0.3) is 5.91 Å². The first-order chi connectivity index (χ1) is 19.6. The molecule has 0 saturated carbocycles. The summed E-state index contributed by atoms with van der Waals surface area (Å²) in [5.41, 5.74) is 4.18. The van der Waals surface area contributed by atoms with Crippen molar-refractivity contribution in [2.24, 2.45) is 0 Å². The van der Waals surface area contributed by atoms with Gasteiger partial charge in [-0.2, -0.15) is 5.10 Å². The van der Waals surface area contributed by atoms with E-state index in [1.807, 2.05) is 27.9 Å². The van der Waals surface area contributed by atoms with Crippen molar-refractivity contribution in [2.45, 2.75) is 18.9 Å². The van der Waals surface area contributed by atoms with E-state index < -0.39 is 6.03 Å². The molecule has 206 valence electrons. The number of piperidine rings is 1. The number of hydrogen-bond acceptors (Lipinski definition) is 9. The lowest BCUT2D eigenvalue weighted by Crippen LogP contribution is -2.39. The van der Waals surface area contributed by atoms with Gasteiger partial charge in [-0.1, -0.05) is 0 Å². The molecule has 3 amide bonds. The fourth-order valence-electron chi connectivity index (χ4n) is 5.17. The first kappa shape index (κ1) is 25.6. The van der Waals surface area contributed by atoms with E-state index in [2.05, 4.69) is 15.2 Å². The number of urea groups is 1. The predicted octanol–water partition coefficient (Wildman–Crippen LogP) is 2.71. The van der Waals surface area contributed by atoms with Crippen molar-refractivity contribution in [3.63, 3.8) is 0 Å². The number of aromatic nitrogens is 5. The first-order valence-corrected chi connectivity index (χ1v) is 13.2. The van der Waals surface area contributed by atoms with Crippen molar-refractivity contribution in [3.05, 3.63) is 60.6 Å². The van der Waals surface area contributed by atoms with Crippen LogP contribution in [0, 0.1) is 0 Å². The summed E-state index contributed by atoms with van der Waals surface area (Å²) >= 11 is 0. The zero-order valence-electron chi connectivity index (χ0n) is 21.7. The van der Waals surface area contributed by atoms with Crippen LogP contribution in [0.4, 0.5) is 16.3 Å². The molecule has 1 aromatic carbocycles. The first-order valence-electron chi connectivity index (χ1n) is 13.2. The van der Waals surface area contributed by atoms with Crippen LogP contribution in [0.1, 0.15) is 29.2 Å². The number of ether oxygens (including phenoxy) is 1. The minimum Gasteiger partial charge on any atom is -0.378 e.